The number of anilines is 1. The molecule has 23 heavy (non-hydrogen) atoms. The molecule has 2 N–H and O–H groups in total. The number of carbonyl (C=O) groups excluding carboxylic acids is 2. The summed E-state index contributed by atoms with van der Waals surface area (Å²) < 4.78 is 0. The van der Waals surface area contributed by atoms with Crippen LogP contribution in [0.2, 0.25) is 0 Å². The van der Waals surface area contributed by atoms with Gasteiger partial charge in [-0.25, -0.2) is 0 Å². The fourth-order valence-electron chi connectivity index (χ4n) is 4.19. The fourth-order valence-corrected chi connectivity index (χ4v) is 4.19. The maximum Gasteiger partial charge on any atom is 0.251 e. The molecule has 2 saturated heterocycles. The van der Waals surface area contributed by atoms with Crippen molar-refractivity contribution in [2.75, 3.05) is 18.4 Å². The molecule has 0 saturated carbocycles. The molecule has 2 atom stereocenters. The number of hydrogen-bond donors (Lipinski definition) is 2. The number of aryl methyl sites for hydroxylation is 1. The molecule has 0 bridgehead atoms. The van der Waals surface area contributed by atoms with Gasteiger partial charge in [0.25, 0.3) is 5.91 Å². The van der Waals surface area contributed by atoms with Crippen molar-refractivity contribution < 1.29 is 9.59 Å². The predicted molar refractivity (Wildman–Crippen MR) is 88.5 cm³/mol. The van der Waals surface area contributed by atoms with Crippen molar-refractivity contribution in [1.82, 2.24) is 10.2 Å². The average Bonchev–Trinajstić information content (AvgIpc) is 2.97. The largest absolute Gasteiger partial charge is 0.348 e. The number of rotatable bonds is 2. The molecular formula is C18H23N3O2. The summed E-state index contributed by atoms with van der Waals surface area (Å²) in [6, 6.07) is 6.39. The zero-order chi connectivity index (χ0) is 15.8. The summed E-state index contributed by atoms with van der Waals surface area (Å²) in [6.45, 7) is 2.28. The first-order chi connectivity index (χ1) is 11.2. The lowest BCUT2D eigenvalue weighted by molar-refractivity contribution is -0.116. The molecule has 0 aliphatic carbocycles. The monoisotopic (exact) mass is 313 g/mol. The van der Waals surface area contributed by atoms with Gasteiger partial charge >= 0.3 is 0 Å². The lowest BCUT2D eigenvalue weighted by atomic mass is 9.97. The van der Waals surface area contributed by atoms with Gasteiger partial charge in [-0.2, -0.15) is 0 Å². The second-order valence-electron chi connectivity index (χ2n) is 6.89. The minimum Gasteiger partial charge on any atom is -0.348 e. The van der Waals surface area contributed by atoms with Crippen molar-refractivity contribution in [2.45, 2.75) is 50.6 Å². The third kappa shape index (κ3) is 2.85. The van der Waals surface area contributed by atoms with E-state index in [-0.39, 0.29) is 17.9 Å². The van der Waals surface area contributed by atoms with Crippen LogP contribution in [0.3, 0.4) is 0 Å². The van der Waals surface area contributed by atoms with Gasteiger partial charge in [-0.1, -0.05) is 6.42 Å². The topological polar surface area (TPSA) is 61.4 Å². The zero-order valence-electron chi connectivity index (χ0n) is 13.3. The lowest BCUT2D eigenvalue weighted by Gasteiger charge is -2.32. The Bertz CT molecular complexity index is 643. The quantitative estimate of drug-likeness (QED) is 0.877. The van der Waals surface area contributed by atoms with Crippen LogP contribution >= 0.6 is 0 Å². The summed E-state index contributed by atoms with van der Waals surface area (Å²) in [6.07, 6.45) is 6.01. The van der Waals surface area contributed by atoms with Crippen LogP contribution in [0, 0.1) is 0 Å². The summed E-state index contributed by atoms with van der Waals surface area (Å²) in [4.78, 5) is 26.5. The van der Waals surface area contributed by atoms with Gasteiger partial charge in [-0.15, -0.1) is 0 Å². The third-order valence-electron chi connectivity index (χ3n) is 5.44. The Labute approximate surface area is 136 Å². The number of carbonyl (C=O) groups is 2. The first-order valence-electron chi connectivity index (χ1n) is 8.68. The van der Waals surface area contributed by atoms with Gasteiger partial charge in [0.05, 0.1) is 0 Å². The van der Waals surface area contributed by atoms with Gasteiger partial charge in [-0.05, 0) is 56.0 Å². The molecule has 2 amide bonds. The smallest absolute Gasteiger partial charge is 0.251 e. The van der Waals surface area contributed by atoms with Crippen molar-refractivity contribution in [3.05, 3.63) is 29.3 Å². The van der Waals surface area contributed by atoms with Crippen LogP contribution in [0.25, 0.3) is 0 Å². The Morgan fingerprint density at radius 1 is 1.17 bits per heavy atom. The highest BCUT2D eigenvalue weighted by molar-refractivity contribution is 5.98. The lowest BCUT2D eigenvalue weighted by Crippen LogP contribution is -2.46. The summed E-state index contributed by atoms with van der Waals surface area (Å²) in [7, 11) is 0. The Morgan fingerprint density at radius 2 is 2.09 bits per heavy atom. The van der Waals surface area contributed by atoms with Gasteiger partial charge in [0.15, 0.2) is 0 Å². The highest BCUT2D eigenvalue weighted by Gasteiger charge is 2.36. The maximum atomic E-state index is 12.6. The van der Waals surface area contributed by atoms with Crippen molar-refractivity contribution in [2.24, 2.45) is 0 Å². The Morgan fingerprint density at radius 3 is 3.00 bits per heavy atom. The standard InChI is InChI=1S/C18H23N3O2/c22-17-7-5-12-11-13(4-6-14(12)19-17)18(23)20-15-8-10-21-9-2-1-3-16(15)21/h4,6,11,15-16H,1-3,5,7-10H2,(H,19,22)(H,20,23)/t15-,16+/m1/s1. The number of benzene rings is 1. The summed E-state index contributed by atoms with van der Waals surface area (Å²) in [5.41, 5.74) is 2.61. The molecule has 4 rings (SSSR count). The van der Waals surface area contributed by atoms with Gasteiger partial charge in [0.2, 0.25) is 5.91 Å². The van der Waals surface area contributed by atoms with Crippen LogP contribution in [-0.2, 0) is 11.2 Å². The van der Waals surface area contributed by atoms with Crippen LogP contribution in [0.15, 0.2) is 18.2 Å². The molecule has 5 heteroatoms. The normalized spacial score (nSPS) is 27.0. The molecule has 0 aromatic heterocycles. The summed E-state index contributed by atoms with van der Waals surface area (Å²) in [5.74, 6) is 0.0696. The van der Waals surface area contributed by atoms with Crippen LogP contribution in [-0.4, -0.2) is 41.9 Å². The Kier molecular flexibility index (Phi) is 3.81. The van der Waals surface area contributed by atoms with Gasteiger partial charge in [0, 0.05) is 36.3 Å². The molecule has 3 heterocycles. The number of amides is 2. The van der Waals surface area contributed by atoms with E-state index >= 15 is 0 Å². The van der Waals surface area contributed by atoms with E-state index in [0.717, 1.165) is 24.2 Å². The molecule has 3 aliphatic heterocycles. The van der Waals surface area contributed by atoms with E-state index in [2.05, 4.69) is 15.5 Å². The first-order valence-corrected chi connectivity index (χ1v) is 8.68. The molecule has 0 unspecified atom stereocenters. The Hall–Kier alpha value is -1.88. The van der Waals surface area contributed by atoms with Crippen molar-refractivity contribution in [1.29, 1.82) is 0 Å². The molecular weight excluding hydrogens is 290 g/mol. The number of nitrogens with zero attached hydrogens (tertiary/aromatic N) is 1. The van der Waals surface area contributed by atoms with Gasteiger partial charge < -0.3 is 10.6 Å². The summed E-state index contributed by atoms with van der Waals surface area (Å²) in [5, 5.41) is 6.10. The second-order valence-corrected chi connectivity index (χ2v) is 6.89. The van der Waals surface area contributed by atoms with E-state index in [1.165, 1.54) is 25.8 Å². The van der Waals surface area contributed by atoms with Crippen molar-refractivity contribution in [3.8, 4) is 0 Å². The van der Waals surface area contributed by atoms with Crippen molar-refractivity contribution >= 4 is 17.5 Å². The third-order valence-corrected chi connectivity index (χ3v) is 5.44. The van der Waals surface area contributed by atoms with E-state index in [9.17, 15) is 9.59 Å². The van der Waals surface area contributed by atoms with E-state index in [0.29, 0.717) is 24.4 Å². The first kappa shape index (κ1) is 14.7. The Balaban J connectivity index is 1.46. The van der Waals surface area contributed by atoms with Crippen LogP contribution in [0.5, 0.6) is 0 Å². The second kappa shape index (κ2) is 5.96. The SMILES string of the molecule is O=C1CCc2cc(C(=O)N[C@@H]3CCN4CCCC[C@@H]34)ccc2N1. The average molecular weight is 313 g/mol. The number of nitrogens with one attached hydrogen (secondary N) is 2. The van der Waals surface area contributed by atoms with Crippen LogP contribution < -0.4 is 10.6 Å². The van der Waals surface area contributed by atoms with Crippen molar-refractivity contribution in [3.63, 3.8) is 0 Å². The van der Waals surface area contributed by atoms with Gasteiger partial charge in [0.1, 0.15) is 0 Å². The maximum absolute atomic E-state index is 12.6. The number of piperidine rings is 1. The number of fused-ring (bicyclic) bond motifs is 2. The molecule has 5 nitrogen and oxygen atoms in total. The molecule has 1 aromatic rings. The molecule has 0 spiro atoms. The number of hydrogen-bond acceptors (Lipinski definition) is 3. The molecule has 0 radical (unpaired) electrons. The van der Waals surface area contributed by atoms with E-state index < -0.39 is 0 Å². The zero-order valence-corrected chi connectivity index (χ0v) is 13.3. The molecule has 2 fully saturated rings. The molecule has 3 aliphatic rings. The van der Waals surface area contributed by atoms with Gasteiger partial charge in [-0.3, -0.25) is 14.5 Å². The molecule has 122 valence electrons. The van der Waals surface area contributed by atoms with E-state index in [1.807, 2.05) is 18.2 Å². The minimum atomic E-state index is 0.0159. The van der Waals surface area contributed by atoms with Crippen LogP contribution in [0.4, 0.5) is 5.69 Å². The summed E-state index contributed by atoms with van der Waals surface area (Å²) >= 11 is 0. The fraction of sp³-hybridized carbons (Fsp3) is 0.556. The van der Waals surface area contributed by atoms with E-state index in [1.54, 1.807) is 0 Å². The highest BCUT2D eigenvalue weighted by Crippen LogP contribution is 2.28. The van der Waals surface area contributed by atoms with E-state index in [4.69, 9.17) is 0 Å². The predicted octanol–water partition coefficient (Wildman–Crippen LogP) is 1.93. The molecule has 1 aromatic carbocycles. The highest BCUT2D eigenvalue weighted by atomic mass is 16.2. The van der Waals surface area contributed by atoms with Crippen LogP contribution in [0.1, 0.15) is 48.0 Å². The minimum absolute atomic E-state index is 0.0159.